The number of aromatic nitrogens is 3. The van der Waals surface area contributed by atoms with E-state index in [0.717, 1.165) is 62.6 Å². The highest BCUT2D eigenvalue weighted by molar-refractivity contribution is 6.35. The second-order valence-electron chi connectivity index (χ2n) is 11.5. The van der Waals surface area contributed by atoms with Crippen molar-refractivity contribution in [2.24, 2.45) is 11.8 Å². The Bertz CT molecular complexity index is 1380. The first-order valence-corrected chi connectivity index (χ1v) is 14.9. The van der Waals surface area contributed by atoms with Gasteiger partial charge in [0.15, 0.2) is 5.75 Å². The van der Waals surface area contributed by atoms with Crippen LogP contribution in [0, 0.1) is 11.8 Å². The Morgan fingerprint density at radius 3 is 2.44 bits per heavy atom. The van der Waals surface area contributed by atoms with Crippen molar-refractivity contribution in [1.82, 2.24) is 24.8 Å². The van der Waals surface area contributed by atoms with Gasteiger partial charge >= 0.3 is 5.97 Å². The van der Waals surface area contributed by atoms with Crippen LogP contribution in [0.4, 0.5) is 5.95 Å². The van der Waals surface area contributed by atoms with Crippen LogP contribution in [-0.2, 0) is 11.3 Å². The summed E-state index contributed by atoms with van der Waals surface area (Å²) in [5.74, 6) is 1.87. The second-order valence-corrected chi connectivity index (χ2v) is 12.4. The quantitative estimate of drug-likeness (QED) is 0.363. The largest absolute Gasteiger partial charge is 0.481 e. The summed E-state index contributed by atoms with van der Waals surface area (Å²) >= 11 is 12.6. The molecule has 1 N–H and O–H groups in total. The number of ether oxygens (including phenoxy) is 1. The number of hydrogen-bond acceptors (Lipinski definition) is 8. The number of carboxylic acids is 1. The molecule has 41 heavy (non-hydrogen) atoms. The van der Waals surface area contributed by atoms with Crippen LogP contribution < -0.4 is 9.64 Å². The minimum absolute atomic E-state index is 0.230. The Balaban J connectivity index is 1.21. The number of carboxylic acid groups (broad SMARTS) is 1. The normalized spacial score (nSPS) is 21.8. The summed E-state index contributed by atoms with van der Waals surface area (Å²) in [5.41, 5.74) is 2.53. The molecule has 5 heterocycles. The standard InChI is InChI=1S/C30H34Cl2N6O3/c1-36-17-21-4-7-38(27(21)18-36)30-33-14-25(15-34-30)41-28-9-20(16-37-5-2-19(3-6-37)10-29(39)40)8-26(35-28)22-11-23(31)13-24(32)12-22/h8-9,11-15,19,21,27H,2-7,10,16-18H2,1H3,(H,39,40)/t21?,27-/m0/s1. The van der Waals surface area contributed by atoms with E-state index in [-0.39, 0.29) is 12.3 Å². The molecule has 2 aromatic heterocycles. The molecular weight excluding hydrogens is 563 g/mol. The third-order valence-corrected chi connectivity index (χ3v) is 8.86. The lowest BCUT2D eigenvalue weighted by Gasteiger charge is -2.31. The van der Waals surface area contributed by atoms with E-state index in [9.17, 15) is 4.79 Å². The van der Waals surface area contributed by atoms with Crippen LogP contribution in [0.3, 0.4) is 0 Å². The van der Waals surface area contributed by atoms with E-state index >= 15 is 0 Å². The minimum Gasteiger partial charge on any atom is -0.481 e. The van der Waals surface area contributed by atoms with Crippen molar-refractivity contribution in [2.75, 3.05) is 44.7 Å². The molecule has 3 fully saturated rings. The van der Waals surface area contributed by atoms with E-state index in [2.05, 4.69) is 31.7 Å². The van der Waals surface area contributed by atoms with Crippen molar-refractivity contribution in [1.29, 1.82) is 0 Å². The topological polar surface area (TPSA) is 94.9 Å². The van der Waals surface area contributed by atoms with Crippen molar-refractivity contribution < 1.29 is 14.6 Å². The van der Waals surface area contributed by atoms with Gasteiger partial charge in [0.2, 0.25) is 11.8 Å². The number of carbonyl (C=O) groups is 1. The van der Waals surface area contributed by atoms with E-state index in [1.807, 2.05) is 24.3 Å². The fourth-order valence-electron chi connectivity index (χ4n) is 6.46. The lowest BCUT2D eigenvalue weighted by molar-refractivity contribution is -0.138. The van der Waals surface area contributed by atoms with Gasteiger partial charge in [0.05, 0.1) is 18.1 Å². The van der Waals surface area contributed by atoms with Gasteiger partial charge < -0.3 is 19.6 Å². The van der Waals surface area contributed by atoms with Crippen molar-refractivity contribution >= 4 is 35.1 Å². The average Bonchev–Trinajstić information content (AvgIpc) is 3.48. The SMILES string of the molecule is CN1CC2CCN(c3ncc(Oc4cc(CN5CCC(CC(=O)O)CC5)cc(-c5cc(Cl)cc(Cl)c5)n4)cn3)[C@H]2C1. The first kappa shape index (κ1) is 28.2. The minimum atomic E-state index is -0.725. The van der Waals surface area contributed by atoms with E-state index in [1.165, 1.54) is 6.42 Å². The van der Waals surface area contributed by atoms with Crippen LogP contribution in [0.5, 0.6) is 11.6 Å². The number of halogens is 2. The number of hydrogen-bond donors (Lipinski definition) is 1. The van der Waals surface area contributed by atoms with Crippen LogP contribution in [0.15, 0.2) is 42.7 Å². The molecule has 3 aliphatic heterocycles. The van der Waals surface area contributed by atoms with Gasteiger partial charge in [-0.25, -0.2) is 15.0 Å². The van der Waals surface area contributed by atoms with Crippen LogP contribution in [0.1, 0.15) is 31.2 Å². The molecule has 3 aliphatic rings. The van der Waals surface area contributed by atoms with Crippen molar-refractivity contribution in [3.63, 3.8) is 0 Å². The number of piperidine rings is 1. The predicted octanol–water partition coefficient (Wildman–Crippen LogP) is 5.46. The Kier molecular flexibility index (Phi) is 8.30. The Morgan fingerprint density at radius 1 is 1.00 bits per heavy atom. The zero-order valence-electron chi connectivity index (χ0n) is 23.0. The van der Waals surface area contributed by atoms with Crippen LogP contribution >= 0.6 is 23.2 Å². The van der Waals surface area contributed by atoms with Crippen molar-refractivity contribution in [3.8, 4) is 22.9 Å². The maximum Gasteiger partial charge on any atom is 0.303 e. The third kappa shape index (κ3) is 6.75. The van der Waals surface area contributed by atoms with E-state index in [0.29, 0.717) is 45.9 Å². The highest BCUT2D eigenvalue weighted by Crippen LogP contribution is 2.34. The summed E-state index contributed by atoms with van der Waals surface area (Å²) in [5, 5.41) is 10.2. The number of rotatable bonds is 8. The van der Waals surface area contributed by atoms with Crippen LogP contribution in [-0.4, -0.2) is 81.6 Å². The predicted molar refractivity (Wildman–Crippen MR) is 159 cm³/mol. The van der Waals surface area contributed by atoms with Gasteiger partial charge in [0, 0.05) is 60.3 Å². The molecule has 0 spiro atoms. The zero-order chi connectivity index (χ0) is 28.5. The number of nitrogens with zero attached hydrogens (tertiary/aromatic N) is 6. The van der Waals surface area contributed by atoms with Gasteiger partial charge in [0.25, 0.3) is 0 Å². The summed E-state index contributed by atoms with van der Waals surface area (Å²) < 4.78 is 6.20. The molecule has 0 radical (unpaired) electrons. The molecule has 0 aliphatic carbocycles. The molecule has 1 unspecified atom stereocenters. The average molecular weight is 598 g/mol. The second kappa shape index (κ2) is 12.1. The third-order valence-electron chi connectivity index (χ3n) is 8.42. The monoisotopic (exact) mass is 596 g/mol. The molecule has 0 amide bonds. The number of likely N-dealkylation sites (N-methyl/N-ethyl adjacent to an activating group) is 1. The summed E-state index contributed by atoms with van der Waals surface area (Å²) in [6.07, 6.45) is 6.57. The van der Waals surface area contributed by atoms with Crippen molar-refractivity contribution in [3.05, 3.63) is 58.3 Å². The number of likely N-dealkylation sites (tertiary alicyclic amines) is 2. The van der Waals surface area contributed by atoms with Gasteiger partial charge in [-0.2, -0.15) is 0 Å². The number of fused-ring (bicyclic) bond motifs is 1. The molecule has 3 aromatic rings. The first-order chi connectivity index (χ1) is 19.8. The molecule has 6 rings (SSSR count). The Morgan fingerprint density at radius 2 is 1.73 bits per heavy atom. The molecule has 9 nitrogen and oxygen atoms in total. The summed E-state index contributed by atoms with van der Waals surface area (Å²) in [4.78, 5) is 32.2. The molecule has 2 atom stereocenters. The van der Waals surface area contributed by atoms with Crippen LogP contribution in [0.25, 0.3) is 11.3 Å². The van der Waals surface area contributed by atoms with E-state index in [1.54, 1.807) is 18.5 Å². The number of pyridine rings is 1. The van der Waals surface area contributed by atoms with Gasteiger partial charge in [-0.3, -0.25) is 9.69 Å². The maximum atomic E-state index is 11.1. The zero-order valence-corrected chi connectivity index (χ0v) is 24.6. The fourth-order valence-corrected chi connectivity index (χ4v) is 6.98. The van der Waals surface area contributed by atoms with Crippen LogP contribution in [0.2, 0.25) is 10.0 Å². The van der Waals surface area contributed by atoms with Gasteiger partial charge in [-0.05, 0) is 81.1 Å². The number of benzene rings is 1. The first-order valence-electron chi connectivity index (χ1n) is 14.2. The summed E-state index contributed by atoms with van der Waals surface area (Å²) in [6, 6.07) is 9.80. The summed E-state index contributed by atoms with van der Waals surface area (Å²) in [6.45, 7) is 5.53. The molecule has 216 valence electrons. The lowest BCUT2D eigenvalue weighted by atomic mass is 9.93. The van der Waals surface area contributed by atoms with E-state index in [4.69, 9.17) is 38.0 Å². The smallest absolute Gasteiger partial charge is 0.303 e. The van der Waals surface area contributed by atoms with Gasteiger partial charge in [-0.1, -0.05) is 23.2 Å². The molecule has 11 heteroatoms. The highest BCUT2D eigenvalue weighted by Gasteiger charge is 2.41. The molecule has 0 saturated carbocycles. The molecular formula is C30H34Cl2N6O3. The fraction of sp³-hybridized carbons (Fsp3) is 0.467. The number of anilines is 1. The maximum absolute atomic E-state index is 11.1. The van der Waals surface area contributed by atoms with Crippen molar-refractivity contribution in [2.45, 2.75) is 38.3 Å². The summed E-state index contributed by atoms with van der Waals surface area (Å²) in [7, 11) is 2.17. The number of aliphatic carboxylic acids is 1. The Hall–Kier alpha value is -2.98. The molecule has 0 bridgehead atoms. The Labute approximate surface area is 250 Å². The van der Waals surface area contributed by atoms with Gasteiger partial charge in [-0.15, -0.1) is 0 Å². The molecule has 1 aromatic carbocycles. The van der Waals surface area contributed by atoms with Gasteiger partial charge in [0.1, 0.15) is 0 Å². The molecule has 3 saturated heterocycles. The van der Waals surface area contributed by atoms with E-state index < -0.39 is 5.97 Å². The highest BCUT2D eigenvalue weighted by atomic mass is 35.5. The lowest BCUT2D eigenvalue weighted by Crippen LogP contribution is -2.35.